The van der Waals surface area contributed by atoms with Gasteiger partial charge in [0.15, 0.2) is 0 Å². The minimum atomic E-state index is -3.64. The molecule has 0 radical (unpaired) electrons. The van der Waals surface area contributed by atoms with E-state index in [0.29, 0.717) is 5.75 Å². The summed E-state index contributed by atoms with van der Waals surface area (Å²) in [5, 5.41) is 9.62. The summed E-state index contributed by atoms with van der Waals surface area (Å²) in [6.07, 6.45) is -0.862. The first-order valence-electron chi connectivity index (χ1n) is 6.11. The highest BCUT2D eigenvalue weighted by Gasteiger charge is 2.23. The molecule has 114 valence electrons. The Balaban J connectivity index is 2.95. The van der Waals surface area contributed by atoms with Gasteiger partial charge < -0.3 is 14.6 Å². The first-order valence-corrected chi connectivity index (χ1v) is 7.55. The Morgan fingerprint density at radius 3 is 2.50 bits per heavy atom. The van der Waals surface area contributed by atoms with Crippen molar-refractivity contribution in [2.24, 2.45) is 0 Å². The maximum atomic E-state index is 12.4. The van der Waals surface area contributed by atoms with Crippen molar-refractivity contribution in [3.63, 3.8) is 0 Å². The summed E-state index contributed by atoms with van der Waals surface area (Å²) in [5.41, 5.74) is 0.736. The van der Waals surface area contributed by atoms with E-state index in [0.717, 1.165) is 9.87 Å². The van der Waals surface area contributed by atoms with Gasteiger partial charge in [0.2, 0.25) is 10.0 Å². The van der Waals surface area contributed by atoms with E-state index < -0.39 is 16.1 Å². The lowest BCUT2D eigenvalue weighted by molar-refractivity contribution is 0.0554. The van der Waals surface area contributed by atoms with Gasteiger partial charge >= 0.3 is 0 Å². The molecule has 1 unspecified atom stereocenters. The van der Waals surface area contributed by atoms with Gasteiger partial charge in [-0.15, -0.1) is 0 Å². The van der Waals surface area contributed by atoms with Crippen LogP contribution in [0.25, 0.3) is 0 Å². The number of rotatable bonds is 7. The van der Waals surface area contributed by atoms with Crippen LogP contribution in [-0.2, 0) is 14.8 Å². The topological polar surface area (TPSA) is 76.1 Å². The molecule has 0 bridgehead atoms. The summed E-state index contributed by atoms with van der Waals surface area (Å²) < 4.78 is 35.7. The predicted molar refractivity (Wildman–Crippen MR) is 75.4 cm³/mol. The maximum absolute atomic E-state index is 12.4. The summed E-state index contributed by atoms with van der Waals surface area (Å²) in [4.78, 5) is 0.169. The normalized spacial score (nSPS) is 13.5. The lowest BCUT2D eigenvalue weighted by Gasteiger charge is -2.20. The molecule has 0 saturated carbocycles. The van der Waals surface area contributed by atoms with Crippen molar-refractivity contribution in [1.82, 2.24) is 4.31 Å². The minimum absolute atomic E-state index is 0.0265. The van der Waals surface area contributed by atoms with Crippen molar-refractivity contribution in [2.75, 3.05) is 34.4 Å². The Bertz CT molecular complexity index is 544. The molecule has 1 atom stereocenters. The van der Waals surface area contributed by atoms with Crippen molar-refractivity contribution in [3.05, 3.63) is 23.8 Å². The Hall–Kier alpha value is -1.15. The fraction of sp³-hybridized carbons (Fsp3) is 0.538. The molecule has 7 heteroatoms. The fourth-order valence-corrected chi connectivity index (χ4v) is 3.13. The van der Waals surface area contributed by atoms with E-state index in [4.69, 9.17) is 9.47 Å². The number of methoxy groups -OCH3 is 2. The number of benzene rings is 1. The third-order valence-corrected chi connectivity index (χ3v) is 4.72. The minimum Gasteiger partial charge on any atom is -0.496 e. The molecule has 0 heterocycles. The molecular weight excluding hydrogens is 282 g/mol. The summed E-state index contributed by atoms with van der Waals surface area (Å²) in [6, 6.07) is 4.65. The third kappa shape index (κ3) is 3.92. The molecule has 0 aromatic heterocycles. The molecule has 0 saturated heterocycles. The van der Waals surface area contributed by atoms with Crippen LogP contribution >= 0.6 is 0 Å². The highest BCUT2D eigenvalue weighted by atomic mass is 32.2. The highest BCUT2D eigenvalue weighted by molar-refractivity contribution is 7.89. The first kappa shape index (κ1) is 16.9. The summed E-state index contributed by atoms with van der Waals surface area (Å²) in [7, 11) is 0.767. The zero-order valence-corrected chi connectivity index (χ0v) is 13.0. The molecule has 1 rings (SSSR count). The second kappa shape index (κ2) is 7.03. The van der Waals surface area contributed by atoms with Crippen molar-refractivity contribution in [2.45, 2.75) is 17.9 Å². The Kier molecular flexibility index (Phi) is 5.94. The number of likely N-dealkylation sites (N-methyl/N-ethyl adjacent to an activating group) is 1. The number of sulfonamides is 1. The van der Waals surface area contributed by atoms with Crippen molar-refractivity contribution < 1.29 is 23.0 Å². The highest BCUT2D eigenvalue weighted by Crippen LogP contribution is 2.23. The van der Waals surface area contributed by atoms with Crippen LogP contribution in [0.5, 0.6) is 5.75 Å². The zero-order valence-electron chi connectivity index (χ0n) is 12.2. The monoisotopic (exact) mass is 303 g/mol. The number of hydrogen-bond acceptors (Lipinski definition) is 5. The molecule has 6 nitrogen and oxygen atoms in total. The van der Waals surface area contributed by atoms with E-state index in [1.807, 2.05) is 0 Å². The largest absolute Gasteiger partial charge is 0.496 e. The summed E-state index contributed by atoms with van der Waals surface area (Å²) in [5.74, 6) is 0.631. The molecule has 1 N–H and O–H groups in total. The van der Waals surface area contributed by atoms with Gasteiger partial charge in [-0.2, -0.15) is 4.31 Å². The van der Waals surface area contributed by atoms with E-state index in [-0.39, 0.29) is 18.0 Å². The van der Waals surface area contributed by atoms with Gasteiger partial charge in [-0.05, 0) is 30.7 Å². The van der Waals surface area contributed by atoms with Crippen molar-refractivity contribution in [3.8, 4) is 5.75 Å². The lowest BCUT2D eigenvalue weighted by Crippen LogP contribution is -2.36. The lowest BCUT2D eigenvalue weighted by atomic mass is 10.2. The molecule has 0 amide bonds. The van der Waals surface area contributed by atoms with Gasteiger partial charge in [-0.1, -0.05) is 0 Å². The van der Waals surface area contributed by atoms with E-state index in [1.54, 1.807) is 19.1 Å². The van der Waals surface area contributed by atoms with Gasteiger partial charge in [0, 0.05) is 20.7 Å². The molecule has 1 aromatic carbocycles. The molecule has 0 fully saturated rings. The first-order chi connectivity index (χ1) is 9.32. The Morgan fingerprint density at radius 1 is 1.35 bits per heavy atom. The van der Waals surface area contributed by atoms with Crippen molar-refractivity contribution >= 4 is 10.0 Å². The number of hydrogen-bond donors (Lipinski definition) is 1. The number of aliphatic hydroxyl groups is 1. The van der Waals surface area contributed by atoms with Crippen LogP contribution in [-0.4, -0.2) is 58.4 Å². The van der Waals surface area contributed by atoms with Crippen LogP contribution in [0.1, 0.15) is 5.56 Å². The van der Waals surface area contributed by atoms with E-state index in [1.165, 1.54) is 27.3 Å². The molecule has 1 aromatic rings. The summed E-state index contributed by atoms with van der Waals surface area (Å²) >= 11 is 0. The Morgan fingerprint density at radius 2 is 2.00 bits per heavy atom. The van der Waals surface area contributed by atoms with Gasteiger partial charge in [0.05, 0.1) is 24.7 Å². The average Bonchev–Trinajstić information content (AvgIpc) is 2.38. The average molecular weight is 303 g/mol. The molecule has 0 aliphatic heterocycles. The molecule has 0 spiro atoms. The molecule has 0 aliphatic rings. The second-order valence-electron chi connectivity index (χ2n) is 4.53. The fourth-order valence-electron chi connectivity index (χ4n) is 1.83. The second-order valence-corrected chi connectivity index (χ2v) is 6.57. The van der Waals surface area contributed by atoms with Gasteiger partial charge in [0.25, 0.3) is 0 Å². The summed E-state index contributed by atoms with van der Waals surface area (Å²) in [6.45, 7) is 1.83. The standard InChI is InChI=1S/C13H21NO5S/c1-10-7-12(5-6-13(10)19-4)20(16,17)14(2)8-11(15)9-18-3/h5-7,11,15H,8-9H2,1-4H3. The number of nitrogens with zero attached hydrogens (tertiary/aromatic N) is 1. The smallest absolute Gasteiger partial charge is 0.242 e. The van der Waals surface area contributed by atoms with Gasteiger partial charge in [0.1, 0.15) is 5.75 Å². The van der Waals surface area contributed by atoms with Gasteiger partial charge in [-0.25, -0.2) is 8.42 Å². The van der Waals surface area contributed by atoms with Crippen LogP contribution in [0.2, 0.25) is 0 Å². The van der Waals surface area contributed by atoms with Crippen LogP contribution in [0.15, 0.2) is 23.1 Å². The van der Waals surface area contributed by atoms with Crippen molar-refractivity contribution in [1.29, 1.82) is 0 Å². The van der Waals surface area contributed by atoms with Crippen LogP contribution in [0.4, 0.5) is 0 Å². The third-order valence-electron chi connectivity index (χ3n) is 2.90. The van der Waals surface area contributed by atoms with Gasteiger partial charge in [-0.3, -0.25) is 0 Å². The van der Waals surface area contributed by atoms with E-state index >= 15 is 0 Å². The molecular formula is C13H21NO5S. The SMILES string of the molecule is COCC(O)CN(C)S(=O)(=O)c1ccc(OC)c(C)c1. The van der Waals surface area contributed by atoms with E-state index in [2.05, 4.69) is 0 Å². The zero-order chi connectivity index (χ0) is 15.3. The number of aliphatic hydroxyl groups excluding tert-OH is 1. The van der Waals surface area contributed by atoms with Crippen LogP contribution in [0.3, 0.4) is 0 Å². The Labute approximate surface area is 120 Å². The number of ether oxygens (including phenoxy) is 2. The van der Waals surface area contributed by atoms with Crippen LogP contribution < -0.4 is 4.74 Å². The predicted octanol–water partition coefficient (Wildman–Crippen LogP) is 0.631. The van der Waals surface area contributed by atoms with Crippen LogP contribution in [0, 0.1) is 6.92 Å². The molecule has 20 heavy (non-hydrogen) atoms. The quantitative estimate of drug-likeness (QED) is 0.799. The maximum Gasteiger partial charge on any atom is 0.242 e. The molecule has 0 aliphatic carbocycles. The van der Waals surface area contributed by atoms with E-state index in [9.17, 15) is 13.5 Å². The number of aryl methyl sites for hydroxylation is 1.